The van der Waals surface area contributed by atoms with Gasteiger partial charge in [0.2, 0.25) is 0 Å². The minimum atomic E-state index is 0.609. The molecule has 0 amide bonds. The molecule has 0 unspecified atom stereocenters. The lowest BCUT2D eigenvalue weighted by atomic mass is 10.2. The fourth-order valence-corrected chi connectivity index (χ4v) is 2.13. The molecule has 0 bridgehead atoms. The van der Waals surface area contributed by atoms with Crippen LogP contribution >= 0.6 is 0 Å². The minimum Gasteiger partial charge on any atom is -0.311 e. The van der Waals surface area contributed by atoms with Crippen LogP contribution < -0.4 is 5.32 Å². The van der Waals surface area contributed by atoms with Crippen molar-refractivity contribution in [3.63, 3.8) is 0 Å². The molecular weight excluding hydrogens is 188 g/mol. The normalized spacial score (nSPS) is 17.4. The molecule has 4 heteroatoms. The first-order valence-corrected chi connectivity index (χ1v) is 6.01. The summed E-state index contributed by atoms with van der Waals surface area (Å²) in [6.45, 7) is 4.07. The summed E-state index contributed by atoms with van der Waals surface area (Å²) in [6, 6.07) is 0.609. The van der Waals surface area contributed by atoms with Crippen LogP contribution in [0.5, 0.6) is 0 Å². The molecule has 1 saturated carbocycles. The van der Waals surface area contributed by atoms with Gasteiger partial charge in [-0.1, -0.05) is 25.0 Å². The second-order valence-electron chi connectivity index (χ2n) is 4.30. The molecule has 1 aromatic rings. The number of nitrogens with zero attached hydrogens (tertiary/aromatic N) is 3. The summed E-state index contributed by atoms with van der Waals surface area (Å²) in [4.78, 5) is 0. The summed E-state index contributed by atoms with van der Waals surface area (Å²) >= 11 is 0. The van der Waals surface area contributed by atoms with Crippen molar-refractivity contribution in [1.29, 1.82) is 0 Å². The molecule has 84 valence electrons. The molecule has 1 heterocycles. The predicted octanol–water partition coefficient (Wildman–Crippen LogP) is 1.89. The quantitative estimate of drug-likeness (QED) is 0.751. The Balaban J connectivity index is 1.86. The maximum atomic E-state index is 4.20. The lowest BCUT2D eigenvalue weighted by Gasteiger charge is -2.06. The smallest absolute Gasteiger partial charge is 0.0964 e. The van der Waals surface area contributed by atoms with E-state index in [0.29, 0.717) is 6.04 Å². The van der Waals surface area contributed by atoms with Crippen molar-refractivity contribution in [1.82, 2.24) is 20.3 Å². The third-order valence-corrected chi connectivity index (χ3v) is 2.99. The largest absolute Gasteiger partial charge is 0.311 e. The molecule has 0 aliphatic heterocycles. The second kappa shape index (κ2) is 5.26. The highest BCUT2D eigenvalue weighted by molar-refractivity contribution is 4.93. The van der Waals surface area contributed by atoms with E-state index < -0.39 is 0 Å². The van der Waals surface area contributed by atoms with E-state index in [0.717, 1.165) is 25.2 Å². The zero-order valence-corrected chi connectivity index (χ0v) is 9.45. The van der Waals surface area contributed by atoms with Crippen LogP contribution in [0.25, 0.3) is 0 Å². The van der Waals surface area contributed by atoms with Crippen LogP contribution in [0, 0.1) is 0 Å². The van der Waals surface area contributed by atoms with Gasteiger partial charge in [-0.3, -0.25) is 0 Å². The molecule has 0 radical (unpaired) electrons. The van der Waals surface area contributed by atoms with Crippen LogP contribution in [-0.2, 0) is 6.54 Å². The average molecular weight is 208 g/mol. The summed E-state index contributed by atoms with van der Waals surface area (Å²) in [6.07, 6.45) is 8.48. The van der Waals surface area contributed by atoms with Gasteiger partial charge in [0.05, 0.1) is 17.9 Å². The Morgan fingerprint density at radius 2 is 2.27 bits per heavy atom. The number of nitrogens with one attached hydrogen (secondary N) is 1. The highest BCUT2D eigenvalue weighted by atomic mass is 15.4. The first-order valence-electron chi connectivity index (χ1n) is 6.01. The first-order chi connectivity index (χ1) is 7.40. The predicted molar refractivity (Wildman–Crippen MR) is 59.5 cm³/mol. The van der Waals surface area contributed by atoms with E-state index >= 15 is 0 Å². The topological polar surface area (TPSA) is 42.7 Å². The summed E-state index contributed by atoms with van der Waals surface area (Å²) in [5, 5.41) is 11.7. The summed E-state index contributed by atoms with van der Waals surface area (Å²) < 4.78 is 2.05. The van der Waals surface area contributed by atoms with Crippen molar-refractivity contribution < 1.29 is 0 Å². The molecule has 1 aromatic heterocycles. The monoisotopic (exact) mass is 208 g/mol. The van der Waals surface area contributed by atoms with Gasteiger partial charge in [0, 0.05) is 6.54 Å². The second-order valence-corrected chi connectivity index (χ2v) is 4.30. The fraction of sp³-hybridized carbons (Fsp3) is 0.818. The SMILES string of the molecule is CCCNCc1cn(C2CCCC2)nn1. The first kappa shape index (κ1) is 10.6. The van der Waals surface area contributed by atoms with Gasteiger partial charge < -0.3 is 5.32 Å². The molecule has 4 nitrogen and oxygen atoms in total. The van der Waals surface area contributed by atoms with E-state index in [1.54, 1.807) is 0 Å². The Morgan fingerprint density at radius 3 is 3.00 bits per heavy atom. The summed E-state index contributed by atoms with van der Waals surface area (Å²) in [5.74, 6) is 0. The van der Waals surface area contributed by atoms with Gasteiger partial charge in [0.15, 0.2) is 0 Å². The Kier molecular flexibility index (Phi) is 3.72. The van der Waals surface area contributed by atoms with Crippen molar-refractivity contribution in [2.24, 2.45) is 0 Å². The van der Waals surface area contributed by atoms with Gasteiger partial charge in [-0.15, -0.1) is 5.10 Å². The van der Waals surface area contributed by atoms with Crippen LogP contribution in [0.2, 0.25) is 0 Å². The molecule has 1 fully saturated rings. The molecule has 0 saturated heterocycles. The van der Waals surface area contributed by atoms with E-state index in [9.17, 15) is 0 Å². The van der Waals surface area contributed by atoms with Crippen molar-refractivity contribution in [2.75, 3.05) is 6.54 Å². The van der Waals surface area contributed by atoms with Gasteiger partial charge in [-0.05, 0) is 25.8 Å². The van der Waals surface area contributed by atoms with Gasteiger partial charge in [-0.2, -0.15) is 0 Å². The average Bonchev–Trinajstić information content (AvgIpc) is 2.87. The third-order valence-electron chi connectivity index (χ3n) is 2.99. The van der Waals surface area contributed by atoms with Gasteiger partial charge in [0.25, 0.3) is 0 Å². The Hall–Kier alpha value is -0.900. The number of hydrogen-bond acceptors (Lipinski definition) is 3. The number of rotatable bonds is 5. The zero-order chi connectivity index (χ0) is 10.5. The number of aromatic nitrogens is 3. The van der Waals surface area contributed by atoms with Crippen molar-refractivity contribution >= 4 is 0 Å². The van der Waals surface area contributed by atoms with Crippen molar-refractivity contribution in [3.05, 3.63) is 11.9 Å². The molecule has 1 N–H and O–H groups in total. The standard InChI is InChI=1S/C11H20N4/c1-2-7-12-8-10-9-15(14-13-10)11-5-3-4-6-11/h9,11-12H,2-8H2,1H3. The minimum absolute atomic E-state index is 0.609. The molecule has 0 spiro atoms. The molecule has 2 rings (SSSR count). The van der Waals surface area contributed by atoms with Crippen LogP contribution in [0.1, 0.15) is 50.8 Å². The Morgan fingerprint density at radius 1 is 1.47 bits per heavy atom. The zero-order valence-electron chi connectivity index (χ0n) is 9.45. The molecular formula is C11H20N4. The molecule has 1 aliphatic carbocycles. The van der Waals surface area contributed by atoms with E-state index in [1.807, 2.05) is 0 Å². The summed E-state index contributed by atoms with van der Waals surface area (Å²) in [5.41, 5.74) is 1.07. The van der Waals surface area contributed by atoms with E-state index in [2.05, 4.69) is 33.4 Å². The maximum absolute atomic E-state index is 4.20. The van der Waals surface area contributed by atoms with Crippen molar-refractivity contribution in [3.8, 4) is 0 Å². The Bertz CT molecular complexity index is 289. The van der Waals surface area contributed by atoms with Crippen LogP contribution in [-0.4, -0.2) is 21.5 Å². The Labute approximate surface area is 91.1 Å². The molecule has 0 aromatic carbocycles. The van der Waals surface area contributed by atoms with Crippen LogP contribution in [0.4, 0.5) is 0 Å². The maximum Gasteiger partial charge on any atom is 0.0964 e. The molecule has 15 heavy (non-hydrogen) atoms. The van der Waals surface area contributed by atoms with E-state index in [-0.39, 0.29) is 0 Å². The highest BCUT2D eigenvalue weighted by Gasteiger charge is 2.17. The number of hydrogen-bond donors (Lipinski definition) is 1. The van der Waals surface area contributed by atoms with Crippen molar-refractivity contribution in [2.45, 2.75) is 51.6 Å². The van der Waals surface area contributed by atoms with Gasteiger partial charge >= 0.3 is 0 Å². The van der Waals surface area contributed by atoms with Gasteiger partial charge in [0.1, 0.15) is 0 Å². The van der Waals surface area contributed by atoms with E-state index in [4.69, 9.17) is 0 Å². The molecule has 1 aliphatic rings. The molecule has 0 atom stereocenters. The summed E-state index contributed by atoms with van der Waals surface area (Å²) in [7, 11) is 0. The lowest BCUT2D eigenvalue weighted by molar-refractivity contribution is 0.454. The third kappa shape index (κ3) is 2.78. The lowest BCUT2D eigenvalue weighted by Crippen LogP contribution is -2.14. The van der Waals surface area contributed by atoms with Crippen LogP contribution in [0.3, 0.4) is 0 Å². The van der Waals surface area contributed by atoms with Crippen LogP contribution in [0.15, 0.2) is 6.20 Å². The van der Waals surface area contributed by atoms with Gasteiger partial charge in [-0.25, -0.2) is 4.68 Å². The highest BCUT2D eigenvalue weighted by Crippen LogP contribution is 2.28. The van der Waals surface area contributed by atoms with E-state index in [1.165, 1.54) is 25.7 Å². The fourth-order valence-electron chi connectivity index (χ4n) is 2.13.